The van der Waals surface area contributed by atoms with Crippen LogP contribution < -0.4 is 10.6 Å². The molecule has 2 bridgehead atoms. The second kappa shape index (κ2) is 7.51. The Balaban J connectivity index is 1.32. The van der Waals surface area contributed by atoms with Gasteiger partial charge in [0.25, 0.3) is 0 Å². The zero-order valence-corrected chi connectivity index (χ0v) is 18.0. The maximum absolute atomic E-state index is 14.8. The Morgan fingerprint density at radius 3 is 2.47 bits per heavy atom. The molecule has 0 saturated carbocycles. The molecule has 0 aliphatic carbocycles. The van der Waals surface area contributed by atoms with Crippen LogP contribution >= 0.6 is 0 Å². The number of hydrogen-bond donors (Lipinski definition) is 4. The predicted octanol–water partition coefficient (Wildman–Crippen LogP) is 4.24. The third kappa shape index (κ3) is 3.81. The molecule has 5 rings (SSSR count). The first-order chi connectivity index (χ1) is 15.2. The van der Waals surface area contributed by atoms with Crippen molar-refractivity contribution in [3.63, 3.8) is 0 Å². The number of piperidine rings is 1. The summed E-state index contributed by atoms with van der Waals surface area (Å²) in [5, 5.41) is 31.6. The molecule has 2 atom stereocenters. The summed E-state index contributed by atoms with van der Waals surface area (Å²) in [6.07, 6.45) is 7.33. The molecule has 3 aromatic rings. The van der Waals surface area contributed by atoms with Gasteiger partial charge < -0.3 is 15.7 Å². The fourth-order valence-corrected chi connectivity index (χ4v) is 5.45. The Labute approximate surface area is 184 Å². The van der Waals surface area contributed by atoms with Gasteiger partial charge in [-0.25, -0.2) is 8.78 Å². The topological polar surface area (TPSA) is 98.8 Å². The molecule has 7 nitrogen and oxygen atoms in total. The van der Waals surface area contributed by atoms with Gasteiger partial charge in [0, 0.05) is 46.6 Å². The van der Waals surface area contributed by atoms with Crippen LogP contribution in [0.4, 0.5) is 14.6 Å². The van der Waals surface area contributed by atoms with Gasteiger partial charge in [-0.3, -0.25) is 5.10 Å². The highest BCUT2D eigenvalue weighted by molar-refractivity contribution is 5.74. The Bertz CT molecular complexity index is 1140. The Morgan fingerprint density at radius 2 is 1.81 bits per heavy atom. The number of benzene rings is 1. The number of H-pyrrole nitrogens is 1. The molecule has 32 heavy (non-hydrogen) atoms. The average Bonchev–Trinajstić information content (AvgIpc) is 3.34. The molecule has 0 radical (unpaired) electrons. The summed E-state index contributed by atoms with van der Waals surface area (Å²) in [4.78, 5) is 0. The van der Waals surface area contributed by atoms with Gasteiger partial charge in [-0.15, -0.1) is 10.2 Å². The van der Waals surface area contributed by atoms with Gasteiger partial charge in [-0.1, -0.05) is 0 Å². The number of halogens is 2. The zero-order chi connectivity index (χ0) is 22.5. The monoisotopic (exact) mass is 440 g/mol. The van der Waals surface area contributed by atoms with Crippen molar-refractivity contribution in [2.75, 3.05) is 11.9 Å². The van der Waals surface area contributed by atoms with Gasteiger partial charge in [-0.2, -0.15) is 5.10 Å². The zero-order valence-electron chi connectivity index (χ0n) is 18.0. The van der Waals surface area contributed by atoms with E-state index >= 15 is 0 Å². The number of rotatable bonds is 5. The third-order valence-corrected chi connectivity index (χ3v) is 6.79. The van der Waals surface area contributed by atoms with E-state index < -0.39 is 11.6 Å². The molecule has 2 aliphatic rings. The second-order valence-corrected chi connectivity index (χ2v) is 9.66. The van der Waals surface area contributed by atoms with E-state index in [9.17, 15) is 13.9 Å². The summed E-state index contributed by atoms with van der Waals surface area (Å²) in [7, 11) is 0. The molecule has 1 aromatic carbocycles. The molecular weight excluding hydrogens is 414 g/mol. The number of fused-ring (bicyclic) bond motifs is 2. The van der Waals surface area contributed by atoms with E-state index in [0.29, 0.717) is 18.0 Å². The molecule has 2 saturated heterocycles. The van der Waals surface area contributed by atoms with E-state index in [1.165, 1.54) is 18.5 Å². The van der Waals surface area contributed by atoms with Gasteiger partial charge in [0.15, 0.2) is 11.6 Å². The normalized spacial score (nSPS) is 26.9. The number of phenolic OH excluding ortho intramolecular Hbond substituents is 1. The molecule has 4 heterocycles. The first kappa shape index (κ1) is 20.8. The van der Waals surface area contributed by atoms with Gasteiger partial charge >= 0.3 is 0 Å². The summed E-state index contributed by atoms with van der Waals surface area (Å²) in [6, 6.07) is 3.56. The number of aromatic hydroxyl groups is 1. The van der Waals surface area contributed by atoms with Crippen molar-refractivity contribution in [1.82, 2.24) is 25.7 Å². The molecule has 9 heteroatoms. The third-order valence-electron chi connectivity index (χ3n) is 6.79. The number of nitrogens with one attached hydrogen (secondary N) is 3. The lowest BCUT2D eigenvalue weighted by Crippen LogP contribution is -2.54. The summed E-state index contributed by atoms with van der Waals surface area (Å²) < 4.78 is 29.4. The van der Waals surface area contributed by atoms with E-state index in [1.54, 1.807) is 0 Å². The maximum Gasteiger partial charge on any atom is 0.184 e. The smallest absolute Gasteiger partial charge is 0.184 e. The quantitative estimate of drug-likeness (QED) is 0.474. The Hall–Kier alpha value is -3.07. The lowest BCUT2D eigenvalue weighted by atomic mass is 9.80. The van der Waals surface area contributed by atoms with E-state index in [4.69, 9.17) is 0 Å². The second-order valence-electron chi connectivity index (χ2n) is 9.66. The minimum atomic E-state index is -0.594. The van der Waals surface area contributed by atoms with E-state index in [0.717, 1.165) is 37.8 Å². The first-order valence-electron chi connectivity index (χ1n) is 10.8. The highest BCUT2D eigenvalue weighted by Crippen LogP contribution is 2.44. The Morgan fingerprint density at radius 1 is 1.06 bits per heavy atom. The molecular formula is C23H26F2N6O. The number of anilines is 1. The molecule has 0 spiro atoms. The van der Waals surface area contributed by atoms with Crippen LogP contribution in [0.15, 0.2) is 30.6 Å². The lowest BCUT2D eigenvalue weighted by Gasteiger charge is -2.42. The summed E-state index contributed by atoms with van der Waals surface area (Å²) in [6.45, 7) is 5.11. The van der Waals surface area contributed by atoms with E-state index in [1.807, 2.05) is 0 Å². The minimum Gasteiger partial charge on any atom is -0.507 e. The SMILES string of the molecule is CC12CCC(C)(CC(CNc3nnc(-c4cc(F)c(-c5cn[nH]c5)cc4O)cc3F)C1)N2. The summed E-state index contributed by atoms with van der Waals surface area (Å²) in [5.74, 6) is -0.925. The standard InChI is InChI=1S/C23H26F2N6O/c1-22-3-4-23(2,31-22)9-13(8-22)10-26-21-18(25)7-19(29-30-21)16-5-17(24)15(6-20(16)32)14-11-27-28-12-14/h5-7,11-13,31-32H,3-4,8-10H2,1-2H3,(H,26,30)(H,27,28). The van der Waals surface area contributed by atoms with Crippen LogP contribution in [0.5, 0.6) is 5.75 Å². The molecule has 4 N–H and O–H groups in total. The number of phenols is 1. The van der Waals surface area contributed by atoms with Crippen LogP contribution in [-0.2, 0) is 0 Å². The molecule has 2 aliphatic heterocycles. The predicted molar refractivity (Wildman–Crippen MR) is 117 cm³/mol. The van der Waals surface area contributed by atoms with Crippen molar-refractivity contribution in [2.24, 2.45) is 5.92 Å². The summed E-state index contributed by atoms with van der Waals surface area (Å²) in [5.41, 5.74) is 1.09. The maximum atomic E-state index is 14.8. The largest absolute Gasteiger partial charge is 0.507 e. The minimum absolute atomic E-state index is 0.0585. The van der Waals surface area contributed by atoms with Crippen LogP contribution in [0.2, 0.25) is 0 Å². The van der Waals surface area contributed by atoms with Crippen molar-refractivity contribution in [3.8, 4) is 28.1 Å². The highest BCUT2D eigenvalue weighted by atomic mass is 19.1. The average molecular weight is 440 g/mol. The van der Waals surface area contributed by atoms with Gasteiger partial charge in [-0.05, 0) is 57.6 Å². The van der Waals surface area contributed by atoms with Crippen molar-refractivity contribution in [2.45, 2.75) is 50.6 Å². The molecule has 2 fully saturated rings. The summed E-state index contributed by atoms with van der Waals surface area (Å²) >= 11 is 0. The first-order valence-corrected chi connectivity index (χ1v) is 10.8. The van der Waals surface area contributed by atoms with Gasteiger partial charge in [0.2, 0.25) is 0 Å². The van der Waals surface area contributed by atoms with Crippen molar-refractivity contribution >= 4 is 5.82 Å². The van der Waals surface area contributed by atoms with E-state index in [2.05, 4.69) is 44.9 Å². The molecule has 168 valence electrons. The van der Waals surface area contributed by atoms with E-state index in [-0.39, 0.29) is 39.5 Å². The molecule has 2 unspecified atom stereocenters. The number of aromatic amines is 1. The van der Waals surface area contributed by atoms with Crippen molar-refractivity contribution in [3.05, 3.63) is 42.2 Å². The van der Waals surface area contributed by atoms with Crippen LogP contribution in [0.25, 0.3) is 22.4 Å². The van der Waals surface area contributed by atoms with Gasteiger partial charge in [0.1, 0.15) is 11.6 Å². The lowest BCUT2D eigenvalue weighted by molar-refractivity contribution is 0.178. The van der Waals surface area contributed by atoms with Crippen LogP contribution in [0.1, 0.15) is 39.5 Å². The Kier molecular flexibility index (Phi) is 4.88. The van der Waals surface area contributed by atoms with Crippen molar-refractivity contribution < 1.29 is 13.9 Å². The van der Waals surface area contributed by atoms with Crippen molar-refractivity contribution in [1.29, 1.82) is 0 Å². The fourth-order valence-electron chi connectivity index (χ4n) is 5.45. The number of nitrogens with zero attached hydrogens (tertiary/aromatic N) is 3. The number of aromatic nitrogens is 4. The molecule has 2 aromatic heterocycles. The van der Waals surface area contributed by atoms with Crippen LogP contribution in [-0.4, -0.2) is 43.1 Å². The molecule has 0 amide bonds. The van der Waals surface area contributed by atoms with Crippen LogP contribution in [0, 0.1) is 17.6 Å². The number of hydrogen-bond acceptors (Lipinski definition) is 6. The van der Waals surface area contributed by atoms with Crippen LogP contribution in [0.3, 0.4) is 0 Å². The fraction of sp³-hybridized carbons (Fsp3) is 0.435. The van der Waals surface area contributed by atoms with Gasteiger partial charge in [0.05, 0.1) is 11.9 Å². The highest BCUT2D eigenvalue weighted by Gasteiger charge is 2.48.